The summed E-state index contributed by atoms with van der Waals surface area (Å²) in [5, 5.41) is 18.7. The van der Waals surface area contributed by atoms with E-state index in [4.69, 9.17) is 11.0 Å². The van der Waals surface area contributed by atoms with Gasteiger partial charge in [0.1, 0.15) is 6.07 Å². The molecule has 0 heterocycles. The summed E-state index contributed by atoms with van der Waals surface area (Å²) in [5.74, 6) is -0.859. The lowest BCUT2D eigenvalue weighted by atomic mass is 10.1. The zero-order valence-corrected chi connectivity index (χ0v) is 8.04. The van der Waals surface area contributed by atoms with E-state index in [1.165, 1.54) is 12.1 Å². The van der Waals surface area contributed by atoms with Crippen LogP contribution in [0.5, 0.6) is 0 Å². The summed E-state index contributed by atoms with van der Waals surface area (Å²) < 4.78 is 4.49. The van der Waals surface area contributed by atoms with Gasteiger partial charge in [0.25, 0.3) is 5.69 Å². The molecule has 7 heteroatoms. The van der Waals surface area contributed by atoms with Gasteiger partial charge in [-0.05, 0) is 6.07 Å². The number of anilines is 1. The van der Waals surface area contributed by atoms with E-state index in [2.05, 4.69) is 4.74 Å². The van der Waals surface area contributed by atoms with Gasteiger partial charge in [0, 0.05) is 17.8 Å². The van der Waals surface area contributed by atoms with Gasteiger partial charge in [-0.2, -0.15) is 5.26 Å². The number of nitrogens with two attached hydrogens (primary N) is 1. The zero-order chi connectivity index (χ0) is 12.1. The Balaban J connectivity index is 3.03. The van der Waals surface area contributed by atoms with Crippen molar-refractivity contribution in [3.63, 3.8) is 0 Å². The summed E-state index contributed by atoms with van der Waals surface area (Å²) in [5.41, 5.74) is 5.13. The molecule has 0 saturated carbocycles. The molecule has 0 bridgehead atoms. The van der Waals surface area contributed by atoms with E-state index in [1.807, 2.05) is 0 Å². The molecule has 0 aromatic heterocycles. The van der Waals surface area contributed by atoms with Gasteiger partial charge >= 0.3 is 5.97 Å². The van der Waals surface area contributed by atoms with Gasteiger partial charge in [-0.25, -0.2) is 4.79 Å². The van der Waals surface area contributed by atoms with Gasteiger partial charge in [0.05, 0.1) is 10.5 Å². The van der Waals surface area contributed by atoms with E-state index in [9.17, 15) is 14.9 Å². The lowest BCUT2D eigenvalue weighted by Crippen LogP contribution is -2.09. The maximum absolute atomic E-state index is 11.3. The standard InChI is InChI=1S/C9H7N3O4/c10-3-4-16-9(13)7-5-6(12(14)15)1-2-8(7)11/h1-2,5H,4,11H2. The summed E-state index contributed by atoms with van der Waals surface area (Å²) in [4.78, 5) is 21.1. The molecule has 1 aromatic rings. The average molecular weight is 221 g/mol. The van der Waals surface area contributed by atoms with Crippen LogP contribution in [-0.4, -0.2) is 17.5 Å². The number of non-ortho nitro benzene ring substituents is 1. The molecule has 0 aliphatic carbocycles. The Hall–Kier alpha value is -2.62. The van der Waals surface area contributed by atoms with E-state index < -0.39 is 17.5 Å². The van der Waals surface area contributed by atoms with Crippen LogP contribution >= 0.6 is 0 Å². The minimum absolute atomic E-state index is 0.0635. The Morgan fingerprint density at radius 3 is 2.88 bits per heavy atom. The first-order valence-corrected chi connectivity index (χ1v) is 4.14. The highest BCUT2D eigenvalue weighted by molar-refractivity contribution is 5.95. The first-order chi connectivity index (χ1) is 7.56. The second-order valence-electron chi connectivity index (χ2n) is 2.76. The third kappa shape index (κ3) is 2.45. The molecule has 82 valence electrons. The van der Waals surface area contributed by atoms with Crippen LogP contribution in [0.4, 0.5) is 11.4 Å². The number of carbonyl (C=O) groups is 1. The molecule has 1 rings (SSSR count). The normalized spacial score (nSPS) is 9.19. The van der Waals surface area contributed by atoms with Crippen molar-refractivity contribution in [3.05, 3.63) is 33.9 Å². The Morgan fingerprint density at radius 2 is 2.31 bits per heavy atom. The van der Waals surface area contributed by atoms with Crippen molar-refractivity contribution in [2.24, 2.45) is 0 Å². The minimum atomic E-state index is -0.859. The Bertz CT molecular complexity index is 478. The molecule has 7 nitrogen and oxygen atoms in total. The fourth-order valence-corrected chi connectivity index (χ4v) is 1.01. The summed E-state index contributed by atoms with van der Waals surface area (Å²) >= 11 is 0. The van der Waals surface area contributed by atoms with Crippen molar-refractivity contribution in [1.29, 1.82) is 5.26 Å². The molecule has 0 atom stereocenters. The van der Waals surface area contributed by atoms with Crippen molar-refractivity contribution in [2.75, 3.05) is 12.3 Å². The third-order valence-electron chi connectivity index (χ3n) is 1.74. The molecule has 0 unspecified atom stereocenters. The second-order valence-corrected chi connectivity index (χ2v) is 2.76. The molecule has 0 radical (unpaired) electrons. The minimum Gasteiger partial charge on any atom is -0.447 e. The highest BCUT2D eigenvalue weighted by atomic mass is 16.6. The van der Waals surface area contributed by atoms with E-state index in [-0.39, 0.29) is 16.9 Å². The van der Waals surface area contributed by atoms with Gasteiger partial charge in [-0.15, -0.1) is 0 Å². The van der Waals surface area contributed by atoms with E-state index in [1.54, 1.807) is 6.07 Å². The number of carbonyl (C=O) groups excluding carboxylic acids is 1. The molecule has 0 spiro atoms. The van der Waals surface area contributed by atoms with E-state index in [0.29, 0.717) is 0 Å². The molecule has 1 aromatic carbocycles. The molecule has 0 fully saturated rings. The molecule has 0 saturated heterocycles. The van der Waals surface area contributed by atoms with Gasteiger partial charge in [0.2, 0.25) is 0 Å². The molecule has 0 aliphatic rings. The summed E-state index contributed by atoms with van der Waals surface area (Å²) in [6, 6.07) is 5.03. The van der Waals surface area contributed by atoms with Crippen molar-refractivity contribution >= 4 is 17.3 Å². The van der Waals surface area contributed by atoms with Crippen LogP contribution in [0.1, 0.15) is 10.4 Å². The van der Waals surface area contributed by atoms with Crippen LogP contribution in [0.3, 0.4) is 0 Å². The smallest absolute Gasteiger partial charge is 0.341 e. The molecule has 0 aliphatic heterocycles. The predicted molar refractivity (Wildman–Crippen MR) is 53.4 cm³/mol. The Labute approximate surface area is 90.2 Å². The monoisotopic (exact) mass is 221 g/mol. The molecule has 16 heavy (non-hydrogen) atoms. The van der Waals surface area contributed by atoms with Crippen LogP contribution in [-0.2, 0) is 4.74 Å². The quantitative estimate of drug-likeness (QED) is 0.349. The summed E-state index contributed by atoms with van der Waals surface area (Å²) in [7, 11) is 0. The Kier molecular flexibility index (Phi) is 3.40. The fourth-order valence-electron chi connectivity index (χ4n) is 1.01. The van der Waals surface area contributed by atoms with Crippen LogP contribution in [0.2, 0.25) is 0 Å². The topological polar surface area (TPSA) is 119 Å². The van der Waals surface area contributed by atoms with Crippen LogP contribution in [0.25, 0.3) is 0 Å². The lowest BCUT2D eigenvalue weighted by Gasteiger charge is -2.03. The Morgan fingerprint density at radius 1 is 1.62 bits per heavy atom. The number of nitro benzene ring substituents is 1. The highest BCUT2D eigenvalue weighted by Crippen LogP contribution is 2.20. The molecular weight excluding hydrogens is 214 g/mol. The first kappa shape index (κ1) is 11.5. The molecule has 2 N–H and O–H groups in total. The van der Waals surface area contributed by atoms with Crippen LogP contribution in [0.15, 0.2) is 18.2 Å². The van der Waals surface area contributed by atoms with Crippen LogP contribution < -0.4 is 5.73 Å². The van der Waals surface area contributed by atoms with Gasteiger partial charge in [0.15, 0.2) is 6.61 Å². The predicted octanol–water partition coefficient (Wildman–Crippen LogP) is 0.857. The average Bonchev–Trinajstić information content (AvgIpc) is 2.26. The van der Waals surface area contributed by atoms with Gasteiger partial charge < -0.3 is 10.5 Å². The highest BCUT2D eigenvalue weighted by Gasteiger charge is 2.16. The largest absolute Gasteiger partial charge is 0.447 e. The number of rotatable bonds is 3. The maximum Gasteiger partial charge on any atom is 0.341 e. The number of nitro groups is 1. The number of nitrogen functional groups attached to an aromatic ring is 1. The van der Waals surface area contributed by atoms with Crippen LogP contribution in [0, 0.1) is 21.4 Å². The number of ether oxygens (including phenoxy) is 1. The number of hydrogen-bond acceptors (Lipinski definition) is 6. The van der Waals surface area contributed by atoms with Crippen molar-refractivity contribution in [2.45, 2.75) is 0 Å². The summed E-state index contributed by atoms with van der Waals surface area (Å²) in [6.07, 6.45) is 0. The SMILES string of the molecule is N#CCOC(=O)c1cc([N+](=O)[O-])ccc1N. The number of nitrogens with zero attached hydrogens (tertiary/aromatic N) is 2. The summed E-state index contributed by atoms with van der Waals surface area (Å²) in [6.45, 7) is -0.430. The third-order valence-corrected chi connectivity index (χ3v) is 1.74. The van der Waals surface area contributed by atoms with Gasteiger partial charge in [-0.3, -0.25) is 10.1 Å². The zero-order valence-electron chi connectivity index (χ0n) is 8.04. The number of hydrogen-bond donors (Lipinski definition) is 1. The second kappa shape index (κ2) is 4.75. The van der Waals surface area contributed by atoms with Crippen molar-refractivity contribution in [1.82, 2.24) is 0 Å². The number of esters is 1. The first-order valence-electron chi connectivity index (χ1n) is 4.14. The van der Waals surface area contributed by atoms with E-state index in [0.717, 1.165) is 6.07 Å². The lowest BCUT2D eigenvalue weighted by molar-refractivity contribution is -0.384. The van der Waals surface area contributed by atoms with Crippen molar-refractivity contribution < 1.29 is 14.5 Å². The molecule has 0 amide bonds. The van der Waals surface area contributed by atoms with Gasteiger partial charge in [-0.1, -0.05) is 0 Å². The van der Waals surface area contributed by atoms with Crippen molar-refractivity contribution in [3.8, 4) is 6.07 Å². The number of nitriles is 1. The fraction of sp³-hybridized carbons (Fsp3) is 0.111. The van der Waals surface area contributed by atoms with E-state index >= 15 is 0 Å². The number of benzene rings is 1. The molecular formula is C9H7N3O4. The maximum atomic E-state index is 11.3.